The second-order valence-corrected chi connectivity index (χ2v) is 6.39. The van der Waals surface area contributed by atoms with Crippen molar-refractivity contribution in [1.82, 2.24) is 5.32 Å². The second kappa shape index (κ2) is 5.54. The van der Waals surface area contributed by atoms with E-state index in [9.17, 15) is 0 Å². The highest BCUT2D eigenvalue weighted by Gasteiger charge is 2.25. The molecule has 2 nitrogen and oxygen atoms in total. The first-order valence-electron chi connectivity index (χ1n) is 6.87. The van der Waals surface area contributed by atoms with Crippen molar-refractivity contribution in [3.05, 3.63) is 29.3 Å². The number of nitrogens with one attached hydrogen (secondary N) is 1. The van der Waals surface area contributed by atoms with Gasteiger partial charge in [0.15, 0.2) is 0 Å². The van der Waals surface area contributed by atoms with Crippen LogP contribution in [-0.2, 0) is 6.42 Å². The molecular formula is C15H21NOS. The van der Waals surface area contributed by atoms with Crippen molar-refractivity contribution in [2.75, 3.05) is 18.6 Å². The minimum absolute atomic E-state index is 0.541. The third-order valence-electron chi connectivity index (χ3n) is 4.03. The topological polar surface area (TPSA) is 21.3 Å². The third kappa shape index (κ3) is 2.52. The zero-order valence-electron chi connectivity index (χ0n) is 10.9. The fourth-order valence-corrected chi connectivity index (χ4v) is 4.12. The number of methoxy groups -OCH3 is 1. The Labute approximate surface area is 113 Å². The fraction of sp³-hybridized carbons (Fsp3) is 0.600. The average Bonchev–Trinajstić information content (AvgIpc) is 2.82. The maximum Gasteiger partial charge on any atom is 0.119 e. The summed E-state index contributed by atoms with van der Waals surface area (Å²) in [5, 5.41) is 3.85. The molecule has 2 aliphatic rings. The van der Waals surface area contributed by atoms with Gasteiger partial charge >= 0.3 is 0 Å². The van der Waals surface area contributed by atoms with E-state index < -0.39 is 0 Å². The molecule has 2 atom stereocenters. The minimum atomic E-state index is 0.541. The van der Waals surface area contributed by atoms with E-state index >= 15 is 0 Å². The predicted molar refractivity (Wildman–Crippen MR) is 77.5 cm³/mol. The molecule has 0 spiro atoms. The van der Waals surface area contributed by atoms with Crippen molar-refractivity contribution in [3.8, 4) is 5.75 Å². The van der Waals surface area contributed by atoms with Crippen LogP contribution in [0.2, 0.25) is 0 Å². The summed E-state index contributed by atoms with van der Waals surface area (Å²) in [7, 11) is 1.75. The highest BCUT2D eigenvalue weighted by atomic mass is 32.2. The first kappa shape index (κ1) is 12.4. The Morgan fingerprint density at radius 3 is 3.06 bits per heavy atom. The van der Waals surface area contributed by atoms with E-state index in [1.54, 1.807) is 7.11 Å². The molecule has 1 aromatic rings. The molecule has 1 fully saturated rings. The van der Waals surface area contributed by atoms with Crippen molar-refractivity contribution >= 4 is 11.8 Å². The van der Waals surface area contributed by atoms with E-state index in [0.29, 0.717) is 12.1 Å². The van der Waals surface area contributed by atoms with Gasteiger partial charge < -0.3 is 10.1 Å². The van der Waals surface area contributed by atoms with Crippen LogP contribution in [0.1, 0.15) is 36.4 Å². The van der Waals surface area contributed by atoms with Crippen molar-refractivity contribution in [2.24, 2.45) is 0 Å². The molecule has 3 heteroatoms. The van der Waals surface area contributed by atoms with Crippen LogP contribution in [-0.4, -0.2) is 24.7 Å². The van der Waals surface area contributed by atoms with E-state index in [0.717, 1.165) is 5.75 Å². The molecule has 0 radical (unpaired) electrons. The van der Waals surface area contributed by atoms with Crippen molar-refractivity contribution in [1.29, 1.82) is 0 Å². The normalized spacial score (nSPS) is 26.9. The molecule has 18 heavy (non-hydrogen) atoms. The quantitative estimate of drug-likeness (QED) is 0.905. The lowest BCUT2D eigenvalue weighted by atomic mass is 10.1. The van der Waals surface area contributed by atoms with E-state index in [4.69, 9.17) is 4.74 Å². The van der Waals surface area contributed by atoms with Crippen LogP contribution in [0.3, 0.4) is 0 Å². The van der Waals surface area contributed by atoms with Crippen LogP contribution in [0, 0.1) is 0 Å². The molecule has 1 N–H and O–H groups in total. The van der Waals surface area contributed by atoms with Gasteiger partial charge in [0.2, 0.25) is 0 Å². The predicted octanol–water partition coefficient (Wildman–Crippen LogP) is 3.17. The SMILES string of the molecule is COc1ccc2c(c1)C(NC1CCCSC1)CC2. The highest BCUT2D eigenvalue weighted by Crippen LogP contribution is 2.34. The Hall–Kier alpha value is -0.670. The van der Waals surface area contributed by atoms with E-state index in [1.165, 1.54) is 48.3 Å². The van der Waals surface area contributed by atoms with Gasteiger partial charge in [0.1, 0.15) is 5.75 Å². The number of fused-ring (bicyclic) bond motifs is 1. The molecule has 0 bridgehead atoms. The monoisotopic (exact) mass is 263 g/mol. The average molecular weight is 263 g/mol. The molecule has 0 amide bonds. The molecule has 0 saturated carbocycles. The summed E-state index contributed by atoms with van der Waals surface area (Å²) in [4.78, 5) is 0. The lowest BCUT2D eigenvalue weighted by molar-refractivity contribution is 0.409. The Balaban J connectivity index is 1.72. The van der Waals surface area contributed by atoms with Crippen molar-refractivity contribution < 1.29 is 4.74 Å². The van der Waals surface area contributed by atoms with Crippen LogP contribution in [0.15, 0.2) is 18.2 Å². The lowest BCUT2D eigenvalue weighted by Gasteiger charge is -2.26. The standard InChI is InChI=1S/C15H21NOS/c1-17-13-6-4-11-5-7-15(14(11)9-13)16-12-3-2-8-18-10-12/h4,6,9,12,15-16H,2-3,5,7-8,10H2,1H3. The van der Waals surface area contributed by atoms with Crippen LogP contribution < -0.4 is 10.1 Å². The van der Waals surface area contributed by atoms with Crippen LogP contribution in [0.25, 0.3) is 0 Å². The number of ether oxygens (including phenoxy) is 1. The molecule has 1 aliphatic carbocycles. The lowest BCUT2D eigenvalue weighted by Crippen LogP contribution is -2.35. The molecule has 1 heterocycles. The van der Waals surface area contributed by atoms with Gasteiger partial charge in [0.05, 0.1) is 7.11 Å². The Bertz CT molecular complexity index is 415. The summed E-state index contributed by atoms with van der Waals surface area (Å²) in [5.41, 5.74) is 2.96. The Morgan fingerprint density at radius 1 is 1.33 bits per heavy atom. The van der Waals surface area contributed by atoms with Gasteiger partial charge in [0, 0.05) is 17.8 Å². The maximum atomic E-state index is 5.35. The summed E-state index contributed by atoms with van der Waals surface area (Å²) >= 11 is 2.09. The van der Waals surface area contributed by atoms with E-state index in [1.807, 2.05) is 0 Å². The Kier molecular flexibility index (Phi) is 3.80. The van der Waals surface area contributed by atoms with E-state index in [-0.39, 0.29) is 0 Å². The summed E-state index contributed by atoms with van der Waals surface area (Å²) < 4.78 is 5.35. The molecule has 2 unspecified atom stereocenters. The highest BCUT2D eigenvalue weighted by molar-refractivity contribution is 7.99. The number of hydrogen-bond donors (Lipinski definition) is 1. The molecule has 0 aromatic heterocycles. The molecule has 98 valence electrons. The summed E-state index contributed by atoms with van der Waals surface area (Å²) in [5.74, 6) is 3.60. The number of rotatable bonds is 3. The van der Waals surface area contributed by atoms with Crippen LogP contribution in [0.4, 0.5) is 0 Å². The van der Waals surface area contributed by atoms with Crippen LogP contribution in [0.5, 0.6) is 5.75 Å². The molecular weight excluding hydrogens is 242 g/mol. The van der Waals surface area contributed by atoms with Crippen LogP contribution >= 0.6 is 11.8 Å². The van der Waals surface area contributed by atoms with Gasteiger partial charge in [0.25, 0.3) is 0 Å². The molecule has 3 rings (SSSR count). The minimum Gasteiger partial charge on any atom is -0.497 e. The van der Waals surface area contributed by atoms with Crippen molar-refractivity contribution in [2.45, 2.75) is 37.8 Å². The number of thioether (sulfide) groups is 1. The number of benzene rings is 1. The number of aryl methyl sites for hydroxylation is 1. The second-order valence-electron chi connectivity index (χ2n) is 5.24. The summed E-state index contributed by atoms with van der Waals surface area (Å²) in [6.45, 7) is 0. The largest absolute Gasteiger partial charge is 0.497 e. The zero-order chi connectivity index (χ0) is 12.4. The zero-order valence-corrected chi connectivity index (χ0v) is 11.8. The van der Waals surface area contributed by atoms with Gasteiger partial charge in [-0.3, -0.25) is 0 Å². The first-order chi connectivity index (χ1) is 8.86. The summed E-state index contributed by atoms with van der Waals surface area (Å²) in [6, 6.07) is 7.77. The first-order valence-corrected chi connectivity index (χ1v) is 8.03. The van der Waals surface area contributed by atoms with Gasteiger partial charge in [-0.05, 0) is 54.7 Å². The molecule has 1 aliphatic heterocycles. The van der Waals surface area contributed by atoms with Gasteiger partial charge in [-0.2, -0.15) is 11.8 Å². The molecule has 1 aromatic carbocycles. The smallest absolute Gasteiger partial charge is 0.119 e. The third-order valence-corrected chi connectivity index (χ3v) is 5.24. The van der Waals surface area contributed by atoms with Gasteiger partial charge in [-0.25, -0.2) is 0 Å². The summed E-state index contributed by atoms with van der Waals surface area (Å²) in [6.07, 6.45) is 5.14. The fourth-order valence-electron chi connectivity index (χ4n) is 3.04. The Morgan fingerprint density at radius 2 is 2.28 bits per heavy atom. The van der Waals surface area contributed by atoms with E-state index in [2.05, 4.69) is 35.3 Å². The molecule has 1 saturated heterocycles. The van der Waals surface area contributed by atoms with Gasteiger partial charge in [-0.1, -0.05) is 6.07 Å². The van der Waals surface area contributed by atoms with Gasteiger partial charge in [-0.15, -0.1) is 0 Å². The maximum absolute atomic E-state index is 5.35. The number of hydrogen-bond acceptors (Lipinski definition) is 3. The van der Waals surface area contributed by atoms with Crippen molar-refractivity contribution in [3.63, 3.8) is 0 Å².